The number of rotatable bonds is 5. The van der Waals surface area contributed by atoms with E-state index in [1.807, 2.05) is 17.5 Å². The topological polar surface area (TPSA) is 25.2 Å². The Kier molecular flexibility index (Phi) is 4.42. The maximum atomic E-state index is 13.8. The molecule has 21 heavy (non-hydrogen) atoms. The van der Waals surface area contributed by atoms with Crippen LogP contribution in [0.2, 0.25) is 0 Å². The molecule has 0 radical (unpaired) electrons. The molecule has 0 saturated heterocycles. The molecule has 110 valence electrons. The Morgan fingerprint density at radius 2 is 2.24 bits per heavy atom. The normalized spacial score (nSPS) is 12.9. The Labute approximate surface area is 135 Å². The average molecular weight is 368 g/mol. The van der Waals surface area contributed by atoms with Crippen molar-refractivity contribution in [1.82, 2.24) is 5.32 Å². The van der Waals surface area contributed by atoms with E-state index in [-0.39, 0.29) is 11.9 Å². The average Bonchev–Trinajstić information content (AvgIpc) is 3.07. The fourth-order valence-electron chi connectivity index (χ4n) is 2.30. The highest BCUT2D eigenvalue weighted by Crippen LogP contribution is 2.33. The molecular weight excluding hydrogens is 353 g/mol. The van der Waals surface area contributed by atoms with Crippen LogP contribution in [0.5, 0.6) is 0 Å². The van der Waals surface area contributed by atoms with E-state index >= 15 is 0 Å². The van der Waals surface area contributed by atoms with Crippen molar-refractivity contribution in [2.75, 3.05) is 6.54 Å². The summed E-state index contributed by atoms with van der Waals surface area (Å²) in [6.45, 7) is 2.99. The lowest BCUT2D eigenvalue weighted by Crippen LogP contribution is -2.21. The van der Waals surface area contributed by atoms with Crippen molar-refractivity contribution in [3.05, 3.63) is 56.6 Å². The van der Waals surface area contributed by atoms with E-state index in [4.69, 9.17) is 4.42 Å². The molecule has 2 nitrogen and oxygen atoms in total. The van der Waals surface area contributed by atoms with Crippen LogP contribution >= 0.6 is 27.3 Å². The number of fused-ring (bicyclic) bond motifs is 1. The third kappa shape index (κ3) is 3.05. The van der Waals surface area contributed by atoms with Crippen molar-refractivity contribution in [2.45, 2.75) is 19.4 Å². The molecule has 2 aromatic heterocycles. The minimum Gasteiger partial charge on any atom is -0.456 e. The van der Waals surface area contributed by atoms with Crippen LogP contribution < -0.4 is 5.32 Å². The van der Waals surface area contributed by atoms with Gasteiger partial charge in [-0.25, -0.2) is 4.39 Å². The van der Waals surface area contributed by atoms with E-state index < -0.39 is 0 Å². The first-order valence-corrected chi connectivity index (χ1v) is 8.51. The largest absolute Gasteiger partial charge is 0.456 e. The summed E-state index contributed by atoms with van der Waals surface area (Å²) in [7, 11) is 0. The maximum absolute atomic E-state index is 13.8. The highest BCUT2D eigenvalue weighted by atomic mass is 79.9. The third-order valence-corrected chi connectivity index (χ3v) is 5.03. The van der Waals surface area contributed by atoms with Crippen LogP contribution in [0.15, 0.2) is 44.6 Å². The summed E-state index contributed by atoms with van der Waals surface area (Å²) >= 11 is 5.13. The highest BCUT2D eigenvalue weighted by Gasteiger charge is 2.20. The summed E-state index contributed by atoms with van der Waals surface area (Å²) < 4.78 is 20.6. The zero-order valence-corrected chi connectivity index (χ0v) is 13.9. The van der Waals surface area contributed by atoms with Gasteiger partial charge in [-0.05, 0) is 47.1 Å². The molecule has 0 spiro atoms. The first kappa shape index (κ1) is 14.8. The first-order valence-electron chi connectivity index (χ1n) is 6.84. The Morgan fingerprint density at radius 1 is 1.38 bits per heavy atom. The maximum Gasteiger partial charge on any atom is 0.169 e. The summed E-state index contributed by atoms with van der Waals surface area (Å²) in [5.74, 6) is 0.429. The number of para-hydroxylation sites is 1. The van der Waals surface area contributed by atoms with E-state index in [9.17, 15) is 4.39 Å². The van der Waals surface area contributed by atoms with E-state index in [1.165, 1.54) is 6.07 Å². The van der Waals surface area contributed by atoms with Crippen LogP contribution in [-0.2, 0) is 0 Å². The molecule has 1 unspecified atom stereocenters. The van der Waals surface area contributed by atoms with Crippen molar-refractivity contribution in [2.24, 2.45) is 0 Å². The summed E-state index contributed by atoms with van der Waals surface area (Å²) in [5, 5.41) is 6.31. The predicted octanol–water partition coefficient (Wildman–Crippen LogP) is 5.48. The molecule has 1 aromatic carbocycles. The van der Waals surface area contributed by atoms with Crippen LogP contribution in [0, 0.1) is 5.82 Å². The highest BCUT2D eigenvalue weighted by molar-refractivity contribution is 9.10. The minimum absolute atomic E-state index is 0.0481. The zero-order chi connectivity index (χ0) is 14.8. The van der Waals surface area contributed by atoms with Gasteiger partial charge < -0.3 is 9.73 Å². The first-order chi connectivity index (χ1) is 10.2. The molecule has 0 aliphatic heterocycles. The van der Waals surface area contributed by atoms with E-state index in [0.29, 0.717) is 5.58 Å². The number of thiophene rings is 1. The van der Waals surface area contributed by atoms with Crippen molar-refractivity contribution >= 4 is 38.2 Å². The molecule has 2 heterocycles. The molecule has 1 atom stereocenters. The number of benzene rings is 1. The fraction of sp³-hybridized carbons (Fsp3) is 0.250. The smallest absolute Gasteiger partial charge is 0.169 e. The molecule has 0 amide bonds. The van der Waals surface area contributed by atoms with Crippen molar-refractivity contribution in [1.29, 1.82) is 0 Å². The van der Waals surface area contributed by atoms with Crippen LogP contribution in [0.3, 0.4) is 0 Å². The molecule has 5 heteroatoms. The lowest BCUT2D eigenvalue weighted by molar-refractivity contribution is 0.462. The third-order valence-electron chi connectivity index (χ3n) is 3.27. The fourth-order valence-corrected chi connectivity index (χ4v) is 3.83. The van der Waals surface area contributed by atoms with E-state index in [2.05, 4.69) is 34.2 Å². The monoisotopic (exact) mass is 367 g/mol. The van der Waals surface area contributed by atoms with Gasteiger partial charge in [0.1, 0.15) is 11.8 Å². The van der Waals surface area contributed by atoms with Gasteiger partial charge >= 0.3 is 0 Å². The second kappa shape index (κ2) is 6.30. The number of furan rings is 1. The van der Waals surface area contributed by atoms with Gasteiger partial charge in [0.2, 0.25) is 0 Å². The van der Waals surface area contributed by atoms with Gasteiger partial charge in [-0.2, -0.15) is 0 Å². The predicted molar refractivity (Wildman–Crippen MR) is 88.3 cm³/mol. The number of nitrogens with one attached hydrogen (secondary N) is 1. The lowest BCUT2D eigenvalue weighted by Gasteiger charge is -2.14. The van der Waals surface area contributed by atoms with Crippen LogP contribution in [-0.4, -0.2) is 6.54 Å². The van der Waals surface area contributed by atoms with Gasteiger partial charge in [0.05, 0.1) is 0 Å². The molecule has 0 aliphatic rings. The second-order valence-electron chi connectivity index (χ2n) is 4.86. The molecular formula is C16H15BrFNOS. The Balaban J connectivity index is 2.03. The summed E-state index contributed by atoms with van der Waals surface area (Å²) in [6, 6.07) is 8.93. The molecule has 0 fully saturated rings. The summed E-state index contributed by atoms with van der Waals surface area (Å²) in [6.07, 6.45) is 1.03. The van der Waals surface area contributed by atoms with Gasteiger partial charge in [-0.1, -0.05) is 19.1 Å². The molecule has 0 saturated carbocycles. The Hall–Kier alpha value is -1.17. The van der Waals surface area contributed by atoms with Gasteiger partial charge in [-0.15, -0.1) is 11.3 Å². The molecule has 0 bridgehead atoms. The van der Waals surface area contributed by atoms with Crippen LogP contribution in [0.25, 0.3) is 11.0 Å². The molecule has 3 aromatic rings. The van der Waals surface area contributed by atoms with Gasteiger partial charge in [-0.3, -0.25) is 0 Å². The van der Waals surface area contributed by atoms with Crippen molar-refractivity contribution < 1.29 is 8.81 Å². The zero-order valence-electron chi connectivity index (χ0n) is 11.5. The Morgan fingerprint density at radius 3 is 2.90 bits per heavy atom. The SMILES string of the molecule is CCCNC(c1cc2cccc(F)c2o1)c1cc(Br)cs1. The van der Waals surface area contributed by atoms with Gasteiger partial charge in [0, 0.05) is 20.1 Å². The Bertz CT molecular complexity index is 752. The number of hydrogen-bond donors (Lipinski definition) is 1. The molecule has 0 aliphatic carbocycles. The van der Waals surface area contributed by atoms with Gasteiger partial charge in [0.15, 0.2) is 11.4 Å². The number of halogens is 2. The van der Waals surface area contributed by atoms with E-state index in [1.54, 1.807) is 17.4 Å². The quantitative estimate of drug-likeness (QED) is 0.645. The van der Waals surface area contributed by atoms with Gasteiger partial charge in [0.25, 0.3) is 0 Å². The second-order valence-corrected chi connectivity index (χ2v) is 6.72. The standard InChI is InChI=1S/C16H15BrFNOS/c1-2-6-19-15(14-8-11(17)9-21-14)13-7-10-4-3-5-12(18)16(10)20-13/h3-5,7-9,15,19H,2,6H2,1H3. The van der Waals surface area contributed by atoms with Crippen molar-refractivity contribution in [3.63, 3.8) is 0 Å². The molecule has 3 rings (SSSR count). The van der Waals surface area contributed by atoms with Crippen LogP contribution in [0.1, 0.15) is 30.0 Å². The van der Waals surface area contributed by atoms with E-state index in [0.717, 1.165) is 33.5 Å². The summed E-state index contributed by atoms with van der Waals surface area (Å²) in [5.41, 5.74) is 0.325. The lowest BCUT2D eigenvalue weighted by atomic mass is 10.1. The minimum atomic E-state index is -0.319. The van der Waals surface area contributed by atoms with Crippen molar-refractivity contribution in [3.8, 4) is 0 Å². The van der Waals surface area contributed by atoms with Crippen LogP contribution in [0.4, 0.5) is 4.39 Å². The number of hydrogen-bond acceptors (Lipinski definition) is 3. The molecule has 1 N–H and O–H groups in total. The summed E-state index contributed by atoms with van der Waals surface area (Å²) in [4.78, 5) is 1.15.